The molecule has 7 nitrogen and oxygen atoms in total. The van der Waals surface area contributed by atoms with E-state index in [1.807, 2.05) is 24.3 Å². The number of ether oxygens (including phenoxy) is 1. The molecule has 1 unspecified atom stereocenters. The fourth-order valence-corrected chi connectivity index (χ4v) is 3.77. The summed E-state index contributed by atoms with van der Waals surface area (Å²) in [6.07, 6.45) is 5.51. The second kappa shape index (κ2) is 8.60. The van der Waals surface area contributed by atoms with E-state index in [4.69, 9.17) is 22.9 Å². The highest BCUT2D eigenvalue weighted by Gasteiger charge is 2.19. The van der Waals surface area contributed by atoms with Crippen LogP contribution in [0.15, 0.2) is 36.7 Å². The third-order valence-electron chi connectivity index (χ3n) is 4.97. The third-order valence-corrected chi connectivity index (χ3v) is 5.30. The van der Waals surface area contributed by atoms with Crippen molar-refractivity contribution in [3.63, 3.8) is 0 Å². The van der Waals surface area contributed by atoms with E-state index in [0.29, 0.717) is 29.2 Å². The summed E-state index contributed by atoms with van der Waals surface area (Å²) in [5.74, 6) is 1.93. The molecule has 0 saturated carbocycles. The van der Waals surface area contributed by atoms with Crippen molar-refractivity contribution >= 4 is 39.8 Å². The van der Waals surface area contributed by atoms with Crippen LogP contribution in [0.5, 0.6) is 5.88 Å². The smallest absolute Gasteiger partial charge is 0.331 e. The first kappa shape index (κ1) is 19.4. The molecule has 0 bridgehead atoms. The Balaban J connectivity index is 1.51. The first-order valence-electron chi connectivity index (χ1n) is 9.49. The van der Waals surface area contributed by atoms with E-state index in [-0.39, 0.29) is 11.7 Å². The zero-order chi connectivity index (χ0) is 20.2. The lowest BCUT2D eigenvalue weighted by atomic mass is 10.00. The molecule has 1 aliphatic rings. The zero-order valence-corrected chi connectivity index (χ0v) is 16.9. The molecule has 3 heterocycles. The highest BCUT2D eigenvalue weighted by atomic mass is 35.5. The first-order chi connectivity index (χ1) is 14.1. The molecule has 0 radical (unpaired) electrons. The first-order valence-corrected chi connectivity index (χ1v) is 9.87. The van der Waals surface area contributed by atoms with Crippen molar-refractivity contribution in [2.45, 2.75) is 12.8 Å². The van der Waals surface area contributed by atoms with E-state index in [1.54, 1.807) is 6.20 Å². The van der Waals surface area contributed by atoms with Crippen LogP contribution in [-0.4, -0.2) is 46.6 Å². The molecule has 1 aromatic carbocycles. The number of nitrogens with one attached hydrogen (secondary N) is 1. The van der Waals surface area contributed by atoms with Gasteiger partial charge in [-0.15, -0.1) is 4.98 Å². The predicted molar refractivity (Wildman–Crippen MR) is 114 cm³/mol. The molecule has 148 valence electrons. The summed E-state index contributed by atoms with van der Waals surface area (Å²) in [5.41, 5.74) is 0. The van der Waals surface area contributed by atoms with Crippen molar-refractivity contribution in [2.24, 2.45) is 5.92 Å². The highest BCUT2D eigenvalue weighted by molar-refractivity contribution is 6.35. The minimum atomic E-state index is 0.165. The Morgan fingerprint density at radius 2 is 2.21 bits per heavy atom. The summed E-state index contributed by atoms with van der Waals surface area (Å²) in [4.78, 5) is 18.8. The number of nitrogens with zero attached hydrogens (tertiary/aromatic N) is 5. The number of pyridine rings is 1. The van der Waals surface area contributed by atoms with Crippen molar-refractivity contribution < 1.29 is 4.74 Å². The summed E-state index contributed by atoms with van der Waals surface area (Å²) in [6.45, 7) is 9.96. The Morgan fingerprint density at radius 3 is 3.03 bits per heavy atom. The largest absolute Gasteiger partial charge is 0.485 e. The summed E-state index contributed by atoms with van der Waals surface area (Å²) >= 11 is 6.20. The lowest BCUT2D eigenvalue weighted by Gasteiger charge is -2.29. The minimum absolute atomic E-state index is 0.165. The second-order valence-electron chi connectivity index (χ2n) is 7.23. The summed E-state index contributed by atoms with van der Waals surface area (Å²) in [7, 11) is 2.12. The van der Waals surface area contributed by atoms with E-state index >= 15 is 0 Å². The summed E-state index contributed by atoms with van der Waals surface area (Å²) < 4.78 is 5.89. The van der Waals surface area contributed by atoms with Crippen LogP contribution in [0.25, 0.3) is 15.6 Å². The molecule has 8 heteroatoms. The van der Waals surface area contributed by atoms with Crippen molar-refractivity contribution in [1.29, 1.82) is 0 Å². The van der Waals surface area contributed by atoms with Crippen LogP contribution >= 0.6 is 11.6 Å². The van der Waals surface area contributed by atoms with Crippen molar-refractivity contribution in [2.75, 3.05) is 32.1 Å². The number of likely N-dealkylation sites (tertiary alicyclic amines) is 1. The van der Waals surface area contributed by atoms with Gasteiger partial charge in [-0.25, -0.2) is 9.97 Å². The van der Waals surface area contributed by atoms with Gasteiger partial charge in [0.2, 0.25) is 5.88 Å². The minimum Gasteiger partial charge on any atom is -0.485 e. The quantitative estimate of drug-likeness (QED) is 0.617. The molecule has 0 amide bonds. The van der Waals surface area contributed by atoms with Gasteiger partial charge in [0.05, 0.1) is 6.61 Å². The highest BCUT2D eigenvalue weighted by Crippen LogP contribution is 2.28. The zero-order valence-electron chi connectivity index (χ0n) is 16.1. The Bertz CT molecular complexity index is 1070. The topological polar surface area (TPSA) is 67.5 Å². The van der Waals surface area contributed by atoms with E-state index < -0.39 is 0 Å². The average molecular weight is 409 g/mol. The molecule has 29 heavy (non-hydrogen) atoms. The number of benzene rings is 1. The summed E-state index contributed by atoms with van der Waals surface area (Å²) in [5, 5.41) is 5.65. The molecule has 2 aromatic heterocycles. The molecule has 1 N–H and O–H groups in total. The van der Waals surface area contributed by atoms with Crippen LogP contribution in [-0.2, 0) is 0 Å². The monoisotopic (exact) mass is 408 g/mol. The normalized spacial score (nSPS) is 17.1. The third kappa shape index (κ3) is 4.56. The molecule has 3 aromatic rings. The van der Waals surface area contributed by atoms with Crippen LogP contribution in [0, 0.1) is 12.5 Å². The maximum Gasteiger partial charge on any atom is 0.331 e. The second-order valence-corrected chi connectivity index (χ2v) is 7.64. The van der Waals surface area contributed by atoms with E-state index in [9.17, 15) is 0 Å². The maximum absolute atomic E-state index is 7.33. The van der Waals surface area contributed by atoms with Crippen molar-refractivity contribution in [3.8, 4) is 5.88 Å². The van der Waals surface area contributed by atoms with Crippen LogP contribution in [0.4, 0.5) is 17.5 Å². The Morgan fingerprint density at radius 1 is 1.31 bits per heavy atom. The van der Waals surface area contributed by atoms with Crippen LogP contribution in [0.2, 0.25) is 5.02 Å². The number of hydrogen-bond acceptors (Lipinski definition) is 6. The van der Waals surface area contributed by atoms with Gasteiger partial charge in [-0.05, 0) is 44.0 Å². The molecule has 4 rings (SSSR count). The molecular weight excluding hydrogens is 388 g/mol. The van der Waals surface area contributed by atoms with Gasteiger partial charge in [-0.1, -0.05) is 30.3 Å². The van der Waals surface area contributed by atoms with Gasteiger partial charge in [0.15, 0.2) is 12.0 Å². The van der Waals surface area contributed by atoms with Gasteiger partial charge >= 0.3 is 5.82 Å². The average Bonchev–Trinajstić information content (AvgIpc) is 2.72. The molecule has 0 aliphatic carbocycles. The van der Waals surface area contributed by atoms with Crippen LogP contribution in [0.3, 0.4) is 0 Å². The van der Waals surface area contributed by atoms with Crippen molar-refractivity contribution in [3.05, 3.63) is 53.1 Å². The van der Waals surface area contributed by atoms with Gasteiger partial charge in [-0.3, -0.25) is 0 Å². The lowest BCUT2D eigenvalue weighted by Crippen LogP contribution is -2.34. The molecule has 1 atom stereocenters. The Labute approximate surface area is 174 Å². The Hall–Kier alpha value is -2.95. The lowest BCUT2D eigenvalue weighted by molar-refractivity contribution is 0.148. The number of piperidine rings is 1. The maximum atomic E-state index is 7.33. The summed E-state index contributed by atoms with van der Waals surface area (Å²) in [6, 6.07) is 7.59. The number of anilines is 2. The molecular formula is C21H21ClN6O. The number of hydrogen-bond donors (Lipinski definition) is 1. The van der Waals surface area contributed by atoms with Crippen LogP contribution < -0.4 is 10.1 Å². The SMILES string of the molecule is [C-]#[N+]c1ncc(Nc2cc3cccc(Cl)c3cn2)nc1OCC1CCCN(C)C1. The standard InChI is InChI=1S/C21H21ClN6O/c1-23-20-21(29-13-14-5-4-8-28(2)12-14)27-19(11-25-20)26-18-9-15-6-3-7-17(22)16(15)10-24-18/h3,6-7,9-11,14H,4-5,8,12-13H2,2H3,(H,24,26,27). The molecule has 1 aliphatic heterocycles. The van der Waals surface area contributed by atoms with Crippen LogP contribution in [0.1, 0.15) is 12.8 Å². The predicted octanol–water partition coefficient (Wildman–Crippen LogP) is 4.69. The molecule has 1 saturated heterocycles. The molecule has 1 fully saturated rings. The van der Waals surface area contributed by atoms with Gasteiger partial charge in [-0.2, -0.15) is 0 Å². The van der Waals surface area contributed by atoms with E-state index in [1.165, 1.54) is 6.20 Å². The van der Waals surface area contributed by atoms with E-state index in [0.717, 1.165) is 36.7 Å². The molecule has 0 spiro atoms. The number of rotatable bonds is 5. The van der Waals surface area contributed by atoms with Gasteiger partial charge in [0.1, 0.15) is 5.82 Å². The van der Waals surface area contributed by atoms with Gasteiger partial charge in [0.25, 0.3) is 0 Å². The van der Waals surface area contributed by atoms with Gasteiger partial charge < -0.3 is 19.8 Å². The van der Waals surface area contributed by atoms with Gasteiger partial charge in [0, 0.05) is 29.1 Å². The fraction of sp³-hybridized carbons (Fsp3) is 0.333. The van der Waals surface area contributed by atoms with E-state index in [2.05, 4.69) is 37.1 Å². The number of fused-ring (bicyclic) bond motifs is 1. The number of aromatic nitrogens is 3. The Kier molecular flexibility index (Phi) is 5.74. The number of halogens is 1. The van der Waals surface area contributed by atoms with Crippen molar-refractivity contribution in [1.82, 2.24) is 19.9 Å². The fourth-order valence-electron chi connectivity index (χ4n) is 3.54.